The Kier molecular flexibility index (Phi) is 9.38. The molecule has 0 aliphatic rings. The third-order valence-corrected chi connectivity index (χ3v) is 4.73. The topological polar surface area (TPSA) is 0 Å². The minimum atomic E-state index is -0.400. The van der Waals surface area contributed by atoms with Gasteiger partial charge >= 0.3 is 0 Å². The molecule has 0 saturated heterocycles. The molecule has 0 N–H and O–H groups in total. The number of benzene rings is 1. The molecule has 0 nitrogen and oxygen atoms in total. The Balaban J connectivity index is 2.76. The summed E-state index contributed by atoms with van der Waals surface area (Å²) in [6.45, 7) is 0. The highest BCUT2D eigenvalue weighted by Gasteiger charge is 2.19. The maximum absolute atomic E-state index is 6.43. The first-order valence-electron chi connectivity index (χ1n) is 6.35. The molecule has 6 heteroatoms. The summed E-state index contributed by atoms with van der Waals surface area (Å²) in [7, 11) is 0. The standard InChI is InChI=1S/C14H16Cl6/c15-11(5-7-13(17)18)9-3-1-2-4-10(9)12(16)6-8-14(19)20/h1-4,11-14H,5-8H2. The van der Waals surface area contributed by atoms with Crippen LogP contribution in [-0.2, 0) is 0 Å². The molecule has 2 unspecified atom stereocenters. The van der Waals surface area contributed by atoms with Crippen molar-refractivity contribution in [2.45, 2.75) is 46.1 Å². The summed E-state index contributed by atoms with van der Waals surface area (Å²) in [5, 5.41) is -0.314. The van der Waals surface area contributed by atoms with Crippen LogP contribution in [0.4, 0.5) is 0 Å². The van der Waals surface area contributed by atoms with Crippen molar-refractivity contribution in [1.29, 1.82) is 0 Å². The van der Waals surface area contributed by atoms with Gasteiger partial charge in [-0.3, -0.25) is 0 Å². The molecule has 1 aromatic rings. The van der Waals surface area contributed by atoms with Crippen molar-refractivity contribution < 1.29 is 0 Å². The zero-order chi connectivity index (χ0) is 15.1. The molecule has 1 rings (SSSR count). The molecule has 0 fully saturated rings. The van der Waals surface area contributed by atoms with E-state index < -0.39 is 9.67 Å². The number of halogens is 6. The molecule has 20 heavy (non-hydrogen) atoms. The zero-order valence-electron chi connectivity index (χ0n) is 10.7. The van der Waals surface area contributed by atoms with Gasteiger partial charge in [0.15, 0.2) is 0 Å². The van der Waals surface area contributed by atoms with Gasteiger partial charge in [-0.25, -0.2) is 0 Å². The number of hydrogen-bond donors (Lipinski definition) is 0. The van der Waals surface area contributed by atoms with Crippen molar-refractivity contribution in [3.63, 3.8) is 0 Å². The average molecular weight is 397 g/mol. The molecule has 0 aliphatic carbocycles. The van der Waals surface area contributed by atoms with Gasteiger partial charge in [-0.15, -0.1) is 69.6 Å². The highest BCUT2D eigenvalue weighted by molar-refractivity contribution is 6.44. The largest absolute Gasteiger partial charge is 0.118 e. The van der Waals surface area contributed by atoms with Crippen LogP contribution in [0.1, 0.15) is 47.6 Å². The first kappa shape index (κ1) is 19.0. The Bertz CT molecular complexity index is 356. The molecule has 0 amide bonds. The summed E-state index contributed by atoms with van der Waals surface area (Å²) in [6.07, 6.45) is 2.69. The normalized spacial score (nSPS) is 14.8. The van der Waals surface area contributed by atoms with Crippen LogP contribution in [0.15, 0.2) is 24.3 Å². The van der Waals surface area contributed by atoms with Crippen molar-refractivity contribution >= 4 is 69.6 Å². The van der Waals surface area contributed by atoms with Crippen molar-refractivity contribution in [1.82, 2.24) is 0 Å². The highest BCUT2D eigenvalue weighted by atomic mass is 35.5. The Morgan fingerprint density at radius 1 is 0.600 bits per heavy atom. The van der Waals surface area contributed by atoms with Crippen molar-refractivity contribution in [3.05, 3.63) is 35.4 Å². The lowest BCUT2D eigenvalue weighted by Crippen LogP contribution is -2.03. The Hall–Kier alpha value is 0.960. The molecule has 0 saturated carbocycles. The number of rotatable bonds is 8. The lowest BCUT2D eigenvalue weighted by molar-refractivity contribution is 0.719. The van der Waals surface area contributed by atoms with Crippen LogP contribution in [0.5, 0.6) is 0 Å². The van der Waals surface area contributed by atoms with E-state index in [1.165, 1.54) is 0 Å². The predicted octanol–water partition coefficient (Wildman–Crippen LogP) is 7.41. The fourth-order valence-corrected chi connectivity index (χ4v) is 3.09. The molecule has 0 bridgehead atoms. The maximum Gasteiger partial charge on any atom is 0.107 e. The summed E-state index contributed by atoms with van der Waals surface area (Å²) in [4.78, 5) is -0.799. The fourth-order valence-electron chi connectivity index (χ4n) is 1.94. The van der Waals surface area contributed by atoms with Gasteiger partial charge in [0, 0.05) is 0 Å². The minimum absolute atomic E-state index is 0.157. The van der Waals surface area contributed by atoms with E-state index in [-0.39, 0.29) is 10.8 Å². The smallest absolute Gasteiger partial charge is 0.107 e. The molecular weight excluding hydrogens is 381 g/mol. The summed E-state index contributed by atoms with van der Waals surface area (Å²) >= 11 is 35.9. The molecule has 0 heterocycles. The second-order valence-electron chi connectivity index (χ2n) is 4.50. The summed E-state index contributed by atoms with van der Waals surface area (Å²) in [6, 6.07) is 7.86. The van der Waals surface area contributed by atoms with E-state index >= 15 is 0 Å². The molecule has 0 radical (unpaired) electrons. The molecule has 2 atom stereocenters. The lowest BCUT2D eigenvalue weighted by Gasteiger charge is -2.19. The number of hydrogen-bond acceptors (Lipinski definition) is 0. The van der Waals surface area contributed by atoms with E-state index in [0.717, 1.165) is 11.1 Å². The van der Waals surface area contributed by atoms with Gasteiger partial charge in [-0.05, 0) is 36.8 Å². The summed E-state index contributed by atoms with van der Waals surface area (Å²) in [5.41, 5.74) is 2.03. The van der Waals surface area contributed by atoms with Crippen molar-refractivity contribution in [3.8, 4) is 0 Å². The van der Waals surface area contributed by atoms with Gasteiger partial charge in [-0.2, -0.15) is 0 Å². The van der Waals surface area contributed by atoms with Crippen LogP contribution >= 0.6 is 69.6 Å². The first-order valence-corrected chi connectivity index (χ1v) is 8.97. The third-order valence-electron chi connectivity index (χ3n) is 2.95. The second-order valence-corrected chi connectivity index (χ2v) is 8.11. The van der Waals surface area contributed by atoms with Crippen LogP contribution in [-0.4, -0.2) is 9.67 Å². The molecule has 0 aromatic heterocycles. The van der Waals surface area contributed by atoms with Crippen molar-refractivity contribution in [2.75, 3.05) is 0 Å². The van der Waals surface area contributed by atoms with Crippen LogP contribution in [0.2, 0.25) is 0 Å². The number of alkyl halides is 6. The third kappa shape index (κ3) is 6.81. The van der Waals surface area contributed by atoms with Gasteiger partial charge in [-0.1, -0.05) is 24.3 Å². The minimum Gasteiger partial charge on any atom is -0.118 e. The zero-order valence-corrected chi connectivity index (χ0v) is 15.3. The highest BCUT2D eigenvalue weighted by Crippen LogP contribution is 2.37. The average Bonchev–Trinajstić information content (AvgIpc) is 2.42. The summed E-state index contributed by atoms with van der Waals surface area (Å²) in [5.74, 6) is 0. The van der Waals surface area contributed by atoms with Crippen LogP contribution in [0, 0.1) is 0 Å². The van der Waals surface area contributed by atoms with E-state index in [9.17, 15) is 0 Å². The van der Waals surface area contributed by atoms with E-state index in [1.807, 2.05) is 24.3 Å². The van der Waals surface area contributed by atoms with E-state index in [1.54, 1.807) is 0 Å². The molecular formula is C14H16Cl6. The first-order chi connectivity index (χ1) is 9.41. The summed E-state index contributed by atoms with van der Waals surface area (Å²) < 4.78 is 0. The van der Waals surface area contributed by atoms with Gasteiger partial charge in [0.05, 0.1) is 10.8 Å². The van der Waals surface area contributed by atoms with Gasteiger partial charge < -0.3 is 0 Å². The fraction of sp³-hybridized carbons (Fsp3) is 0.571. The van der Waals surface area contributed by atoms with E-state index in [4.69, 9.17) is 69.6 Å². The SMILES string of the molecule is ClC(Cl)CCC(Cl)c1ccccc1C(Cl)CCC(Cl)Cl. The molecule has 114 valence electrons. The lowest BCUT2D eigenvalue weighted by atomic mass is 9.97. The molecule has 0 aliphatic heterocycles. The van der Waals surface area contributed by atoms with Gasteiger partial charge in [0.1, 0.15) is 9.67 Å². The Morgan fingerprint density at radius 2 is 0.950 bits per heavy atom. The Morgan fingerprint density at radius 3 is 1.25 bits per heavy atom. The monoisotopic (exact) mass is 394 g/mol. The van der Waals surface area contributed by atoms with E-state index in [0.29, 0.717) is 25.7 Å². The molecule has 0 spiro atoms. The van der Waals surface area contributed by atoms with Crippen LogP contribution in [0.3, 0.4) is 0 Å². The maximum atomic E-state index is 6.43. The second kappa shape index (κ2) is 9.87. The van der Waals surface area contributed by atoms with Crippen LogP contribution < -0.4 is 0 Å². The van der Waals surface area contributed by atoms with E-state index in [2.05, 4.69) is 0 Å². The van der Waals surface area contributed by atoms with Gasteiger partial charge in [0.2, 0.25) is 0 Å². The van der Waals surface area contributed by atoms with Crippen molar-refractivity contribution in [2.24, 2.45) is 0 Å². The Labute approximate surface area is 150 Å². The quantitative estimate of drug-likeness (QED) is 0.401. The van der Waals surface area contributed by atoms with Crippen LogP contribution in [0.25, 0.3) is 0 Å². The van der Waals surface area contributed by atoms with Gasteiger partial charge in [0.25, 0.3) is 0 Å². The molecule has 1 aromatic carbocycles. The predicted molar refractivity (Wildman–Crippen MR) is 93.1 cm³/mol.